The Morgan fingerprint density at radius 3 is 2.83 bits per heavy atom. The molecule has 0 aliphatic heterocycles. The van der Waals surface area contributed by atoms with Gasteiger partial charge in [-0.1, -0.05) is 0 Å². The number of carboxylic acid groups (broad SMARTS) is 1. The molecule has 0 spiro atoms. The average Bonchev–Trinajstić information content (AvgIpc) is 2.78. The maximum Gasteiger partial charge on any atom is 0.340 e. The standard InChI is InChI=1S/C9H15N3O5S/c1-12(4-3-5-17-2)18(15,16)8-7(9(13)14)6-10-11-8/h6H,3-5H2,1-2H3,(H,10,11)(H,13,14). The molecule has 0 amide bonds. The average molecular weight is 277 g/mol. The minimum Gasteiger partial charge on any atom is -0.478 e. The van der Waals surface area contributed by atoms with Crippen LogP contribution < -0.4 is 0 Å². The van der Waals surface area contributed by atoms with Gasteiger partial charge >= 0.3 is 5.97 Å². The lowest BCUT2D eigenvalue weighted by Gasteiger charge is -2.15. The molecule has 0 bridgehead atoms. The number of ether oxygens (including phenoxy) is 1. The Kier molecular flexibility index (Phi) is 4.82. The highest BCUT2D eigenvalue weighted by molar-refractivity contribution is 7.89. The molecule has 1 aromatic rings. The predicted molar refractivity (Wildman–Crippen MR) is 61.9 cm³/mol. The van der Waals surface area contributed by atoms with Gasteiger partial charge in [0, 0.05) is 27.3 Å². The molecule has 0 saturated heterocycles. The molecule has 18 heavy (non-hydrogen) atoms. The van der Waals surface area contributed by atoms with Crippen molar-refractivity contribution in [2.45, 2.75) is 11.4 Å². The first-order valence-corrected chi connectivity index (χ1v) is 6.57. The van der Waals surface area contributed by atoms with Crippen LogP contribution in [-0.2, 0) is 14.8 Å². The van der Waals surface area contributed by atoms with E-state index in [0.717, 1.165) is 10.5 Å². The molecule has 8 nitrogen and oxygen atoms in total. The Hall–Kier alpha value is -1.45. The lowest BCUT2D eigenvalue weighted by molar-refractivity contribution is 0.0692. The molecule has 2 N–H and O–H groups in total. The van der Waals surface area contributed by atoms with E-state index >= 15 is 0 Å². The van der Waals surface area contributed by atoms with Crippen molar-refractivity contribution in [3.8, 4) is 0 Å². The summed E-state index contributed by atoms with van der Waals surface area (Å²) in [6, 6.07) is 0. The second kappa shape index (κ2) is 5.94. The van der Waals surface area contributed by atoms with Crippen LogP contribution in [0, 0.1) is 0 Å². The van der Waals surface area contributed by atoms with Crippen molar-refractivity contribution in [1.29, 1.82) is 0 Å². The molecule has 1 heterocycles. The Morgan fingerprint density at radius 2 is 2.28 bits per heavy atom. The fourth-order valence-electron chi connectivity index (χ4n) is 1.33. The molecular weight excluding hydrogens is 262 g/mol. The smallest absolute Gasteiger partial charge is 0.340 e. The summed E-state index contributed by atoms with van der Waals surface area (Å²) in [5.74, 6) is -1.34. The number of hydrogen-bond donors (Lipinski definition) is 2. The van der Waals surface area contributed by atoms with E-state index in [1.807, 2.05) is 0 Å². The molecule has 0 aromatic carbocycles. The Balaban J connectivity index is 2.92. The van der Waals surface area contributed by atoms with Gasteiger partial charge in [-0.25, -0.2) is 13.2 Å². The van der Waals surface area contributed by atoms with Crippen molar-refractivity contribution in [3.63, 3.8) is 0 Å². The molecule has 0 saturated carbocycles. The number of aromatic amines is 1. The van der Waals surface area contributed by atoms with Crippen molar-refractivity contribution in [2.24, 2.45) is 0 Å². The summed E-state index contributed by atoms with van der Waals surface area (Å²) in [4.78, 5) is 10.8. The number of rotatable bonds is 7. The fraction of sp³-hybridized carbons (Fsp3) is 0.556. The van der Waals surface area contributed by atoms with Gasteiger partial charge in [-0.05, 0) is 6.42 Å². The number of aromatic carboxylic acids is 1. The maximum atomic E-state index is 12.1. The SMILES string of the molecule is COCCCN(C)S(=O)(=O)c1[nH]ncc1C(=O)O. The Morgan fingerprint density at radius 1 is 1.61 bits per heavy atom. The third-order valence-electron chi connectivity index (χ3n) is 2.32. The first-order chi connectivity index (χ1) is 8.41. The number of nitrogens with zero attached hydrogens (tertiary/aromatic N) is 2. The number of H-pyrrole nitrogens is 1. The zero-order chi connectivity index (χ0) is 13.8. The van der Waals surface area contributed by atoms with Gasteiger partial charge in [-0.15, -0.1) is 0 Å². The molecule has 1 rings (SSSR count). The maximum absolute atomic E-state index is 12.1. The Labute approximate surface area is 105 Å². The van der Waals surface area contributed by atoms with Crippen LogP contribution in [0.1, 0.15) is 16.8 Å². The summed E-state index contributed by atoms with van der Waals surface area (Å²) >= 11 is 0. The number of methoxy groups -OCH3 is 1. The van der Waals surface area contributed by atoms with Crippen LogP contribution in [-0.4, -0.2) is 61.3 Å². The molecule has 0 aliphatic carbocycles. The fourth-order valence-corrected chi connectivity index (χ4v) is 2.60. The quantitative estimate of drug-likeness (QED) is 0.665. The molecule has 0 fully saturated rings. The number of carbonyl (C=O) groups is 1. The van der Waals surface area contributed by atoms with Crippen LogP contribution in [0.2, 0.25) is 0 Å². The van der Waals surface area contributed by atoms with E-state index in [4.69, 9.17) is 9.84 Å². The van der Waals surface area contributed by atoms with Gasteiger partial charge < -0.3 is 9.84 Å². The first kappa shape index (κ1) is 14.6. The van der Waals surface area contributed by atoms with Gasteiger partial charge in [0.25, 0.3) is 10.0 Å². The number of sulfonamides is 1. The third-order valence-corrected chi connectivity index (χ3v) is 4.15. The van der Waals surface area contributed by atoms with Crippen LogP contribution >= 0.6 is 0 Å². The van der Waals surface area contributed by atoms with Crippen LogP contribution in [0.4, 0.5) is 0 Å². The van der Waals surface area contributed by atoms with Crippen LogP contribution in [0.3, 0.4) is 0 Å². The highest BCUT2D eigenvalue weighted by Gasteiger charge is 2.28. The minimum atomic E-state index is -3.87. The molecule has 102 valence electrons. The summed E-state index contributed by atoms with van der Waals surface area (Å²) in [5.41, 5.74) is -0.367. The van der Waals surface area contributed by atoms with Crippen LogP contribution in [0.5, 0.6) is 0 Å². The van der Waals surface area contributed by atoms with Gasteiger partial charge in [-0.3, -0.25) is 5.10 Å². The molecule has 0 atom stereocenters. The van der Waals surface area contributed by atoms with Crippen LogP contribution in [0.15, 0.2) is 11.2 Å². The normalized spacial score (nSPS) is 11.9. The molecule has 9 heteroatoms. The topological polar surface area (TPSA) is 113 Å². The number of hydrogen-bond acceptors (Lipinski definition) is 5. The number of carboxylic acids is 1. The zero-order valence-corrected chi connectivity index (χ0v) is 10.9. The highest BCUT2D eigenvalue weighted by Crippen LogP contribution is 2.16. The van der Waals surface area contributed by atoms with Gasteiger partial charge in [0.2, 0.25) is 0 Å². The van der Waals surface area contributed by atoms with Gasteiger partial charge in [0.15, 0.2) is 5.03 Å². The van der Waals surface area contributed by atoms with E-state index in [0.29, 0.717) is 13.0 Å². The van der Waals surface area contributed by atoms with Crippen molar-refractivity contribution in [3.05, 3.63) is 11.8 Å². The Bertz CT molecular complexity index is 510. The summed E-state index contributed by atoms with van der Waals surface area (Å²) in [6.45, 7) is 0.656. The number of nitrogens with one attached hydrogen (secondary N) is 1. The highest BCUT2D eigenvalue weighted by atomic mass is 32.2. The van der Waals surface area contributed by atoms with E-state index in [-0.39, 0.29) is 12.1 Å². The second-order valence-corrected chi connectivity index (χ2v) is 5.57. The second-order valence-electron chi connectivity index (χ2n) is 3.59. The van der Waals surface area contributed by atoms with Gasteiger partial charge in [0.1, 0.15) is 5.56 Å². The molecular formula is C9H15N3O5S. The third kappa shape index (κ3) is 3.06. The zero-order valence-electron chi connectivity index (χ0n) is 10.1. The molecule has 1 aromatic heterocycles. The number of aromatic nitrogens is 2. The lowest BCUT2D eigenvalue weighted by Crippen LogP contribution is -2.30. The van der Waals surface area contributed by atoms with E-state index in [2.05, 4.69) is 10.2 Å². The monoisotopic (exact) mass is 277 g/mol. The van der Waals surface area contributed by atoms with Gasteiger partial charge in [-0.2, -0.15) is 9.40 Å². The largest absolute Gasteiger partial charge is 0.478 e. The van der Waals surface area contributed by atoms with E-state index < -0.39 is 21.0 Å². The predicted octanol–water partition coefficient (Wildman–Crippen LogP) is -0.235. The van der Waals surface area contributed by atoms with Crippen molar-refractivity contribution < 1.29 is 23.1 Å². The molecule has 0 unspecified atom stereocenters. The van der Waals surface area contributed by atoms with Gasteiger partial charge in [0.05, 0.1) is 6.20 Å². The van der Waals surface area contributed by atoms with E-state index in [1.165, 1.54) is 14.2 Å². The summed E-state index contributed by atoms with van der Waals surface area (Å²) in [7, 11) is -0.981. The molecule has 0 radical (unpaired) electrons. The van der Waals surface area contributed by atoms with Crippen molar-refractivity contribution in [1.82, 2.24) is 14.5 Å². The lowest BCUT2D eigenvalue weighted by atomic mass is 10.4. The van der Waals surface area contributed by atoms with E-state index in [1.54, 1.807) is 0 Å². The van der Waals surface area contributed by atoms with Crippen LogP contribution in [0.25, 0.3) is 0 Å². The van der Waals surface area contributed by atoms with Crippen molar-refractivity contribution in [2.75, 3.05) is 27.3 Å². The van der Waals surface area contributed by atoms with E-state index in [9.17, 15) is 13.2 Å². The van der Waals surface area contributed by atoms with Crippen molar-refractivity contribution >= 4 is 16.0 Å². The first-order valence-electron chi connectivity index (χ1n) is 5.13. The minimum absolute atomic E-state index is 0.230. The molecule has 0 aliphatic rings. The summed E-state index contributed by atoms with van der Waals surface area (Å²) in [6.07, 6.45) is 1.49. The summed E-state index contributed by atoms with van der Waals surface area (Å²) < 4.78 is 30.0. The summed E-state index contributed by atoms with van der Waals surface area (Å²) in [5, 5.41) is 14.1.